The molecule has 1 N–H and O–H groups in total. The van der Waals surface area contributed by atoms with Gasteiger partial charge in [0.1, 0.15) is 27.0 Å². The number of carbonyl (C=O) groups is 2. The highest BCUT2D eigenvalue weighted by molar-refractivity contribution is 7.90. The summed E-state index contributed by atoms with van der Waals surface area (Å²) >= 11 is 0. The lowest BCUT2D eigenvalue weighted by Gasteiger charge is -2.11. The van der Waals surface area contributed by atoms with E-state index in [1.54, 1.807) is 0 Å². The smallest absolute Gasteiger partial charge is 0.341 e. The van der Waals surface area contributed by atoms with Gasteiger partial charge in [0.2, 0.25) is 5.91 Å². The molecule has 0 heterocycles. The van der Waals surface area contributed by atoms with Crippen LogP contribution in [0.5, 0.6) is 0 Å². The Balaban J connectivity index is 1.71. The van der Waals surface area contributed by atoms with Crippen LogP contribution in [0.2, 0.25) is 0 Å². The Bertz CT molecular complexity index is 1100. The molecule has 160 valence electrons. The molecule has 1 aliphatic carbocycles. The second-order valence-electron chi connectivity index (χ2n) is 7.37. The van der Waals surface area contributed by atoms with Crippen LogP contribution in [0.4, 0.5) is 8.78 Å². The zero-order valence-electron chi connectivity index (χ0n) is 16.4. The molecule has 0 spiro atoms. The third kappa shape index (κ3) is 5.02. The molecule has 0 aliphatic heterocycles. The third-order valence-electron chi connectivity index (χ3n) is 5.00. The van der Waals surface area contributed by atoms with Gasteiger partial charge in [0.05, 0.1) is 12.9 Å². The molecular weight excluding hydrogens is 416 g/mol. The molecular formula is C21H21F2NO5S. The molecule has 9 heteroatoms. The summed E-state index contributed by atoms with van der Waals surface area (Å²) in [6, 6.07) is 8.14. The van der Waals surface area contributed by atoms with Gasteiger partial charge in [-0.05, 0) is 35.6 Å². The number of rotatable bonds is 7. The molecule has 1 aliphatic rings. The SMILES string of the molecule is COC(=O)c1c(F)cccc1-c1ccc(CNC(=O)[C@@H]2C[C@H]2CS(C)(=O)=O)c(F)c1. The number of esters is 1. The first kappa shape index (κ1) is 21.9. The summed E-state index contributed by atoms with van der Waals surface area (Å²) in [5.74, 6) is -3.20. The van der Waals surface area contributed by atoms with Crippen molar-refractivity contribution in [2.75, 3.05) is 19.1 Å². The van der Waals surface area contributed by atoms with E-state index in [-0.39, 0.29) is 52.3 Å². The molecule has 0 aromatic heterocycles. The van der Waals surface area contributed by atoms with E-state index in [4.69, 9.17) is 0 Å². The maximum Gasteiger partial charge on any atom is 0.341 e. The van der Waals surface area contributed by atoms with E-state index in [0.717, 1.165) is 25.5 Å². The summed E-state index contributed by atoms with van der Waals surface area (Å²) in [5.41, 5.74) is 0.408. The number of hydrogen-bond donors (Lipinski definition) is 1. The van der Waals surface area contributed by atoms with Gasteiger partial charge < -0.3 is 10.1 Å². The lowest BCUT2D eigenvalue weighted by molar-refractivity contribution is -0.122. The summed E-state index contributed by atoms with van der Waals surface area (Å²) in [7, 11) is -2.02. The second kappa shape index (κ2) is 8.51. The highest BCUT2D eigenvalue weighted by Gasteiger charge is 2.44. The predicted molar refractivity (Wildman–Crippen MR) is 106 cm³/mol. The standard InChI is InChI=1S/C21H21F2NO5S/c1-29-21(26)19-15(4-3-5-17(19)22)12-6-7-13(18(23)9-12)10-24-20(25)16-8-14(16)11-30(2,27)28/h3-7,9,14,16H,8,10-11H2,1-2H3,(H,24,25)/t14-,16+/m0/s1. The topological polar surface area (TPSA) is 89.5 Å². The van der Waals surface area contributed by atoms with Gasteiger partial charge >= 0.3 is 5.97 Å². The lowest BCUT2D eigenvalue weighted by atomic mass is 9.98. The van der Waals surface area contributed by atoms with Gasteiger partial charge in [0, 0.05) is 24.3 Å². The van der Waals surface area contributed by atoms with Crippen molar-refractivity contribution in [2.45, 2.75) is 13.0 Å². The quantitative estimate of drug-likeness (QED) is 0.673. The van der Waals surface area contributed by atoms with Crippen molar-refractivity contribution < 1.29 is 31.5 Å². The molecule has 1 amide bonds. The Hall–Kier alpha value is -2.81. The molecule has 0 bridgehead atoms. The summed E-state index contributed by atoms with van der Waals surface area (Å²) < 4.78 is 55.9. The first-order valence-corrected chi connectivity index (χ1v) is 11.3. The molecule has 0 unspecified atom stereocenters. The number of carbonyl (C=O) groups excluding carboxylic acids is 2. The van der Waals surface area contributed by atoms with Gasteiger partial charge in [-0.15, -0.1) is 0 Å². The fraction of sp³-hybridized carbons (Fsp3) is 0.333. The Morgan fingerprint density at radius 2 is 1.90 bits per heavy atom. The molecule has 2 atom stereocenters. The molecule has 2 aromatic carbocycles. The molecule has 1 saturated carbocycles. The number of sulfone groups is 1. The Kier molecular flexibility index (Phi) is 6.21. The van der Waals surface area contributed by atoms with Crippen LogP contribution in [0.1, 0.15) is 22.3 Å². The van der Waals surface area contributed by atoms with Crippen molar-refractivity contribution in [2.24, 2.45) is 11.8 Å². The minimum atomic E-state index is -3.15. The Morgan fingerprint density at radius 1 is 1.17 bits per heavy atom. The molecule has 0 radical (unpaired) electrons. The van der Waals surface area contributed by atoms with Gasteiger partial charge in [0.25, 0.3) is 0 Å². The van der Waals surface area contributed by atoms with Gasteiger partial charge in [-0.2, -0.15) is 0 Å². The van der Waals surface area contributed by atoms with Crippen LogP contribution in [-0.2, 0) is 25.9 Å². The number of halogens is 2. The molecule has 1 fully saturated rings. The van der Waals surface area contributed by atoms with Crippen LogP contribution in [0, 0.1) is 23.5 Å². The number of methoxy groups -OCH3 is 1. The lowest BCUT2D eigenvalue weighted by Crippen LogP contribution is -2.26. The van der Waals surface area contributed by atoms with Crippen LogP contribution in [0.25, 0.3) is 11.1 Å². The first-order valence-electron chi connectivity index (χ1n) is 9.21. The summed E-state index contributed by atoms with van der Waals surface area (Å²) in [5, 5.41) is 2.62. The van der Waals surface area contributed by atoms with Crippen molar-refractivity contribution in [3.63, 3.8) is 0 Å². The summed E-state index contributed by atoms with van der Waals surface area (Å²) in [4.78, 5) is 24.0. The van der Waals surface area contributed by atoms with E-state index in [1.807, 2.05) is 0 Å². The first-order chi connectivity index (χ1) is 14.1. The maximum absolute atomic E-state index is 14.6. The van der Waals surface area contributed by atoms with E-state index in [1.165, 1.54) is 24.3 Å². The van der Waals surface area contributed by atoms with Crippen LogP contribution >= 0.6 is 0 Å². The van der Waals surface area contributed by atoms with Crippen molar-refractivity contribution >= 4 is 21.7 Å². The molecule has 2 aromatic rings. The van der Waals surface area contributed by atoms with Gasteiger partial charge in [-0.3, -0.25) is 4.79 Å². The van der Waals surface area contributed by atoms with Crippen LogP contribution in [0.15, 0.2) is 36.4 Å². The number of amides is 1. The molecule has 30 heavy (non-hydrogen) atoms. The fourth-order valence-electron chi connectivity index (χ4n) is 3.39. The highest BCUT2D eigenvalue weighted by atomic mass is 32.2. The second-order valence-corrected chi connectivity index (χ2v) is 9.56. The van der Waals surface area contributed by atoms with Crippen molar-refractivity contribution in [1.82, 2.24) is 5.32 Å². The number of ether oxygens (including phenoxy) is 1. The van der Waals surface area contributed by atoms with Crippen molar-refractivity contribution in [3.05, 3.63) is 59.2 Å². The molecule has 3 rings (SSSR count). The number of hydrogen-bond acceptors (Lipinski definition) is 5. The Morgan fingerprint density at radius 3 is 2.53 bits per heavy atom. The minimum Gasteiger partial charge on any atom is -0.465 e. The fourth-order valence-corrected chi connectivity index (χ4v) is 4.53. The Labute approximate surface area is 173 Å². The van der Waals surface area contributed by atoms with Gasteiger partial charge in [-0.25, -0.2) is 22.0 Å². The molecule has 6 nitrogen and oxygen atoms in total. The molecule has 0 saturated heterocycles. The zero-order valence-corrected chi connectivity index (χ0v) is 17.3. The largest absolute Gasteiger partial charge is 0.465 e. The van der Waals surface area contributed by atoms with E-state index in [0.29, 0.717) is 6.42 Å². The van der Waals surface area contributed by atoms with Gasteiger partial charge in [0.15, 0.2) is 0 Å². The monoisotopic (exact) mass is 437 g/mol. The number of nitrogens with one attached hydrogen (secondary N) is 1. The predicted octanol–water partition coefficient (Wildman–Crippen LogP) is 2.72. The minimum absolute atomic E-state index is 0.0374. The average molecular weight is 437 g/mol. The van der Waals surface area contributed by atoms with Crippen LogP contribution in [-0.4, -0.2) is 39.4 Å². The van der Waals surface area contributed by atoms with Crippen LogP contribution < -0.4 is 5.32 Å². The van der Waals surface area contributed by atoms with E-state index < -0.39 is 27.4 Å². The summed E-state index contributed by atoms with van der Waals surface area (Å²) in [6.07, 6.45) is 1.62. The van der Waals surface area contributed by atoms with Crippen molar-refractivity contribution in [1.29, 1.82) is 0 Å². The van der Waals surface area contributed by atoms with Gasteiger partial charge in [-0.1, -0.05) is 24.3 Å². The van der Waals surface area contributed by atoms with Crippen LogP contribution in [0.3, 0.4) is 0 Å². The third-order valence-corrected chi connectivity index (χ3v) is 6.03. The highest BCUT2D eigenvalue weighted by Crippen LogP contribution is 2.39. The zero-order chi connectivity index (χ0) is 22.1. The van der Waals surface area contributed by atoms with E-state index in [9.17, 15) is 26.8 Å². The van der Waals surface area contributed by atoms with E-state index in [2.05, 4.69) is 10.1 Å². The summed E-state index contributed by atoms with van der Waals surface area (Å²) in [6.45, 7) is -0.0694. The maximum atomic E-state index is 14.6. The average Bonchev–Trinajstić information content (AvgIpc) is 3.43. The number of benzene rings is 2. The van der Waals surface area contributed by atoms with E-state index >= 15 is 0 Å². The van der Waals surface area contributed by atoms with Crippen molar-refractivity contribution in [3.8, 4) is 11.1 Å². The normalized spacial score (nSPS) is 18.0.